The lowest BCUT2D eigenvalue weighted by molar-refractivity contribution is -0.130. The summed E-state index contributed by atoms with van der Waals surface area (Å²) in [6.45, 7) is 2.04. The largest absolute Gasteiger partial charge is 0.497 e. The van der Waals surface area contributed by atoms with Crippen molar-refractivity contribution in [1.29, 1.82) is 0 Å². The molecule has 8 heteroatoms. The van der Waals surface area contributed by atoms with Crippen LogP contribution in [0.2, 0.25) is 0 Å². The Morgan fingerprint density at radius 1 is 0.943 bits per heavy atom. The maximum atomic E-state index is 13.6. The molecular weight excluding hydrogens is 452 g/mol. The minimum absolute atomic E-state index is 0.148. The summed E-state index contributed by atoms with van der Waals surface area (Å²) in [5.41, 5.74) is 3.41. The van der Waals surface area contributed by atoms with E-state index in [2.05, 4.69) is 0 Å². The number of carbonyl (C=O) groups is 1. The van der Waals surface area contributed by atoms with Crippen LogP contribution in [0.15, 0.2) is 79.0 Å². The summed E-state index contributed by atoms with van der Waals surface area (Å²) in [5, 5.41) is 4.71. The molecular formula is C27H23F2N3O3. The van der Waals surface area contributed by atoms with E-state index in [9.17, 15) is 13.6 Å². The maximum Gasteiger partial charge on any atom is 0.254 e. The first-order valence-electron chi connectivity index (χ1n) is 11.1. The Kier molecular flexibility index (Phi) is 6.05. The van der Waals surface area contributed by atoms with Gasteiger partial charge < -0.3 is 14.4 Å². The zero-order valence-electron chi connectivity index (χ0n) is 19.2. The molecule has 6 nitrogen and oxygen atoms in total. The first-order valence-corrected chi connectivity index (χ1v) is 11.1. The van der Waals surface area contributed by atoms with Gasteiger partial charge in [-0.15, -0.1) is 0 Å². The lowest BCUT2D eigenvalue weighted by Gasteiger charge is -2.23. The first-order chi connectivity index (χ1) is 16.9. The highest BCUT2D eigenvalue weighted by Crippen LogP contribution is 2.38. The third kappa shape index (κ3) is 4.52. The highest BCUT2D eigenvalue weighted by atomic mass is 19.1. The van der Waals surface area contributed by atoms with E-state index < -0.39 is 12.3 Å². The molecule has 1 aliphatic heterocycles. The normalized spacial score (nSPS) is 17.7. The number of ether oxygens (including phenoxy) is 2. The summed E-state index contributed by atoms with van der Waals surface area (Å²) < 4.78 is 40.1. The number of methoxy groups -OCH3 is 1. The highest BCUT2D eigenvalue weighted by molar-refractivity contribution is 5.83. The molecule has 4 aromatic rings. The Morgan fingerprint density at radius 3 is 2.20 bits per heavy atom. The molecule has 1 amide bonds. The summed E-state index contributed by atoms with van der Waals surface area (Å²) in [6.07, 6.45) is 0.408. The molecule has 0 radical (unpaired) electrons. The minimum Gasteiger partial charge on any atom is -0.497 e. The Labute approximate surface area is 201 Å². The van der Waals surface area contributed by atoms with Gasteiger partial charge in [-0.05, 0) is 73.2 Å². The Hall–Kier alpha value is -4.04. The highest BCUT2D eigenvalue weighted by Gasteiger charge is 2.41. The zero-order chi connectivity index (χ0) is 24.5. The van der Waals surface area contributed by atoms with Crippen molar-refractivity contribution >= 4 is 5.91 Å². The van der Waals surface area contributed by atoms with Gasteiger partial charge in [0.25, 0.3) is 5.91 Å². The van der Waals surface area contributed by atoms with Crippen molar-refractivity contribution in [3.63, 3.8) is 0 Å². The second-order valence-electron chi connectivity index (χ2n) is 8.31. The molecule has 2 heterocycles. The van der Waals surface area contributed by atoms with Crippen LogP contribution in [0.1, 0.15) is 24.3 Å². The smallest absolute Gasteiger partial charge is 0.254 e. The van der Waals surface area contributed by atoms with Crippen LogP contribution in [-0.2, 0) is 16.1 Å². The average Bonchev–Trinajstić information content (AvgIpc) is 3.42. The minimum atomic E-state index is -0.714. The van der Waals surface area contributed by atoms with Crippen molar-refractivity contribution in [2.24, 2.45) is 0 Å². The molecule has 0 spiro atoms. The lowest BCUT2D eigenvalue weighted by atomic mass is 10.1. The second kappa shape index (κ2) is 9.31. The van der Waals surface area contributed by atoms with Crippen LogP contribution < -0.4 is 4.74 Å². The first kappa shape index (κ1) is 22.7. The van der Waals surface area contributed by atoms with E-state index in [1.54, 1.807) is 54.1 Å². The van der Waals surface area contributed by atoms with Gasteiger partial charge in [0.2, 0.25) is 0 Å². The van der Waals surface area contributed by atoms with E-state index >= 15 is 0 Å². The number of benzene rings is 3. The molecule has 3 aromatic carbocycles. The molecule has 5 rings (SSSR count). The second-order valence-corrected chi connectivity index (χ2v) is 8.31. The number of hydrogen-bond donors (Lipinski definition) is 0. The van der Waals surface area contributed by atoms with Crippen LogP contribution >= 0.6 is 0 Å². The monoisotopic (exact) mass is 475 g/mol. The van der Waals surface area contributed by atoms with Gasteiger partial charge >= 0.3 is 0 Å². The molecule has 0 bridgehead atoms. The number of amides is 1. The zero-order valence-corrected chi connectivity index (χ0v) is 19.2. The summed E-state index contributed by atoms with van der Waals surface area (Å²) in [6, 6.07) is 19.4. The summed E-state index contributed by atoms with van der Waals surface area (Å²) in [4.78, 5) is 14.7. The number of carbonyl (C=O) groups excluding carboxylic acids is 1. The van der Waals surface area contributed by atoms with Crippen LogP contribution in [0.25, 0.3) is 16.9 Å². The number of aromatic nitrogens is 2. The van der Waals surface area contributed by atoms with E-state index in [0.717, 1.165) is 11.3 Å². The third-order valence-corrected chi connectivity index (χ3v) is 5.98. The standard InChI is InChI=1S/C27H23F2N3O3/c1-17-26(33)31(15-18-3-13-23(34-2)14-4-18)27(35-17)24-16-32(22-11-9-21(29)10-12-22)30-25(24)19-5-7-20(28)8-6-19/h3-14,16-17,27H,15H2,1-2H3. The van der Waals surface area contributed by atoms with E-state index in [-0.39, 0.29) is 17.5 Å². The maximum absolute atomic E-state index is 13.6. The molecule has 1 aliphatic rings. The van der Waals surface area contributed by atoms with Gasteiger partial charge in [-0.3, -0.25) is 4.79 Å². The molecule has 1 aromatic heterocycles. The molecule has 35 heavy (non-hydrogen) atoms. The molecule has 1 fully saturated rings. The molecule has 178 valence electrons. The third-order valence-electron chi connectivity index (χ3n) is 5.98. The molecule has 2 unspecified atom stereocenters. The van der Waals surface area contributed by atoms with Crippen LogP contribution in [0.5, 0.6) is 5.75 Å². The summed E-state index contributed by atoms with van der Waals surface area (Å²) >= 11 is 0. The summed E-state index contributed by atoms with van der Waals surface area (Å²) in [7, 11) is 1.60. The summed E-state index contributed by atoms with van der Waals surface area (Å²) in [5.74, 6) is -0.147. The van der Waals surface area contributed by atoms with Gasteiger partial charge in [0.1, 0.15) is 29.2 Å². The Bertz CT molecular complexity index is 1340. The topological polar surface area (TPSA) is 56.6 Å². The van der Waals surface area contributed by atoms with E-state index in [4.69, 9.17) is 14.6 Å². The van der Waals surface area contributed by atoms with E-state index in [0.29, 0.717) is 29.1 Å². The van der Waals surface area contributed by atoms with E-state index in [1.165, 1.54) is 24.3 Å². The van der Waals surface area contributed by atoms with Gasteiger partial charge in [0.15, 0.2) is 6.23 Å². The van der Waals surface area contributed by atoms with Crippen molar-refractivity contribution in [2.75, 3.05) is 7.11 Å². The van der Waals surface area contributed by atoms with E-state index in [1.807, 2.05) is 24.3 Å². The molecule has 0 N–H and O–H groups in total. The lowest BCUT2D eigenvalue weighted by Crippen LogP contribution is -2.29. The number of rotatable bonds is 6. The number of nitrogens with zero attached hydrogens (tertiary/aromatic N) is 3. The predicted molar refractivity (Wildman–Crippen MR) is 126 cm³/mol. The van der Waals surface area contributed by atoms with Crippen LogP contribution in [0, 0.1) is 11.6 Å². The van der Waals surface area contributed by atoms with Crippen molar-refractivity contribution in [2.45, 2.75) is 25.8 Å². The van der Waals surface area contributed by atoms with Crippen molar-refractivity contribution in [1.82, 2.24) is 14.7 Å². The fraction of sp³-hybridized carbons (Fsp3) is 0.185. The van der Waals surface area contributed by atoms with Crippen LogP contribution in [0.3, 0.4) is 0 Å². The number of hydrogen-bond acceptors (Lipinski definition) is 4. The van der Waals surface area contributed by atoms with Crippen molar-refractivity contribution < 1.29 is 23.0 Å². The van der Waals surface area contributed by atoms with Gasteiger partial charge in [-0.1, -0.05) is 12.1 Å². The fourth-order valence-electron chi connectivity index (χ4n) is 4.13. The SMILES string of the molecule is COc1ccc(CN2C(=O)C(C)OC2c2cn(-c3ccc(F)cc3)nc2-c2ccc(F)cc2)cc1. The molecule has 1 saturated heterocycles. The van der Waals surface area contributed by atoms with Crippen LogP contribution in [-0.4, -0.2) is 33.8 Å². The predicted octanol–water partition coefficient (Wildman–Crippen LogP) is 5.27. The van der Waals surface area contributed by atoms with Gasteiger partial charge in [0, 0.05) is 23.9 Å². The van der Waals surface area contributed by atoms with Gasteiger partial charge in [-0.25, -0.2) is 13.5 Å². The molecule has 0 saturated carbocycles. The van der Waals surface area contributed by atoms with Crippen molar-refractivity contribution in [3.8, 4) is 22.7 Å². The van der Waals surface area contributed by atoms with Gasteiger partial charge in [-0.2, -0.15) is 5.10 Å². The number of halogens is 2. The van der Waals surface area contributed by atoms with Crippen molar-refractivity contribution in [3.05, 3.63) is 102 Å². The average molecular weight is 475 g/mol. The Balaban J connectivity index is 1.57. The molecule has 2 atom stereocenters. The van der Waals surface area contributed by atoms with Gasteiger partial charge in [0.05, 0.1) is 12.8 Å². The quantitative estimate of drug-likeness (QED) is 0.381. The molecule has 0 aliphatic carbocycles. The fourth-order valence-corrected chi connectivity index (χ4v) is 4.13. The Morgan fingerprint density at radius 2 is 1.57 bits per heavy atom. The van der Waals surface area contributed by atoms with Crippen LogP contribution in [0.4, 0.5) is 8.78 Å².